The van der Waals surface area contributed by atoms with Gasteiger partial charge in [-0.15, -0.1) is 0 Å². The van der Waals surface area contributed by atoms with Crippen molar-refractivity contribution in [3.05, 3.63) is 0 Å². The lowest BCUT2D eigenvalue weighted by atomic mass is 9.88. The summed E-state index contributed by atoms with van der Waals surface area (Å²) in [6.07, 6.45) is 5.56. The average molecular weight is 283 g/mol. The summed E-state index contributed by atoms with van der Waals surface area (Å²) in [4.78, 5) is 0. The van der Waals surface area contributed by atoms with Crippen LogP contribution in [0.3, 0.4) is 0 Å². The highest BCUT2D eigenvalue weighted by atomic mass is 32.2. The summed E-state index contributed by atoms with van der Waals surface area (Å²) in [5.74, 6) is 1.24. The van der Waals surface area contributed by atoms with E-state index in [0.29, 0.717) is 24.3 Å². The molecule has 18 heavy (non-hydrogen) atoms. The molecule has 1 atom stereocenters. The Labute approximate surface area is 112 Å². The van der Waals surface area contributed by atoms with Gasteiger partial charge in [0, 0.05) is 11.8 Å². The Bertz CT molecular complexity index is 225. The van der Waals surface area contributed by atoms with Gasteiger partial charge in [-0.05, 0) is 24.8 Å². The summed E-state index contributed by atoms with van der Waals surface area (Å²) in [6.45, 7) is 5.02. The van der Waals surface area contributed by atoms with Crippen LogP contribution in [0.5, 0.6) is 0 Å². The SMILES string of the molecule is CC(C)NCC(CCSC(F)(F)F)C1CCCC1. The van der Waals surface area contributed by atoms with Gasteiger partial charge in [-0.3, -0.25) is 0 Å². The highest BCUT2D eigenvalue weighted by molar-refractivity contribution is 8.00. The van der Waals surface area contributed by atoms with Crippen molar-refractivity contribution < 1.29 is 13.2 Å². The van der Waals surface area contributed by atoms with E-state index in [1.807, 2.05) is 0 Å². The number of hydrogen-bond donors (Lipinski definition) is 1. The topological polar surface area (TPSA) is 12.0 Å². The zero-order valence-corrected chi connectivity index (χ0v) is 12.0. The van der Waals surface area contributed by atoms with Gasteiger partial charge < -0.3 is 5.32 Å². The second-order valence-corrected chi connectivity index (χ2v) is 6.61. The monoisotopic (exact) mass is 283 g/mol. The molecule has 108 valence electrons. The van der Waals surface area contributed by atoms with E-state index >= 15 is 0 Å². The summed E-state index contributed by atoms with van der Waals surface area (Å²) in [5.41, 5.74) is -4.08. The molecule has 0 radical (unpaired) electrons. The minimum atomic E-state index is -4.08. The van der Waals surface area contributed by atoms with Crippen molar-refractivity contribution in [2.24, 2.45) is 11.8 Å². The van der Waals surface area contributed by atoms with E-state index in [1.165, 1.54) is 25.7 Å². The van der Waals surface area contributed by atoms with Crippen LogP contribution in [0.25, 0.3) is 0 Å². The molecule has 0 aromatic rings. The van der Waals surface area contributed by atoms with Crippen LogP contribution < -0.4 is 5.32 Å². The predicted molar refractivity (Wildman–Crippen MR) is 71.7 cm³/mol. The first kappa shape index (κ1) is 16.2. The molecule has 1 rings (SSSR count). The molecule has 0 heterocycles. The standard InChI is InChI=1S/C13H24F3NS/c1-10(2)17-9-12(11-5-3-4-6-11)7-8-18-13(14,15)16/h10-12,17H,3-9H2,1-2H3. The molecule has 1 aliphatic rings. The fourth-order valence-electron chi connectivity index (χ4n) is 2.65. The van der Waals surface area contributed by atoms with E-state index in [0.717, 1.165) is 6.54 Å². The van der Waals surface area contributed by atoms with Crippen molar-refractivity contribution in [2.45, 2.75) is 57.5 Å². The van der Waals surface area contributed by atoms with Crippen LogP contribution in [-0.4, -0.2) is 23.8 Å². The molecule has 1 N–H and O–H groups in total. The molecular weight excluding hydrogens is 259 g/mol. The second kappa shape index (κ2) is 7.63. The van der Waals surface area contributed by atoms with Gasteiger partial charge in [0.2, 0.25) is 0 Å². The highest BCUT2D eigenvalue weighted by Crippen LogP contribution is 2.36. The Kier molecular flexibility index (Phi) is 6.85. The number of halogens is 3. The molecule has 0 aromatic carbocycles. The molecule has 0 aromatic heterocycles. The number of thioether (sulfide) groups is 1. The van der Waals surface area contributed by atoms with Crippen molar-refractivity contribution in [1.29, 1.82) is 0 Å². The predicted octanol–water partition coefficient (Wildman–Crippen LogP) is 4.43. The normalized spacial score (nSPS) is 19.7. The summed E-state index contributed by atoms with van der Waals surface area (Å²) in [5, 5.41) is 3.38. The molecule has 5 heteroatoms. The lowest BCUT2D eigenvalue weighted by molar-refractivity contribution is -0.0328. The maximum absolute atomic E-state index is 12.1. The highest BCUT2D eigenvalue weighted by Gasteiger charge is 2.30. The van der Waals surface area contributed by atoms with E-state index in [9.17, 15) is 13.2 Å². The van der Waals surface area contributed by atoms with Crippen LogP contribution in [0.1, 0.15) is 46.0 Å². The summed E-state index contributed by atoms with van der Waals surface area (Å²) in [7, 11) is 0. The molecule has 1 unspecified atom stereocenters. The first-order chi connectivity index (χ1) is 8.38. The molecule has 1 aliphatic carbocycles. The fraction of sp³-hybridized carbons (Fsp3) is 1.00. The third-order valence-corrected chi connectivity index (χ3v) is 4.38. The zero-order valence-electron chi connectivity index (χ0n) is 11.2. The van der Waals surface area contributed by atoms with E-state index in [2.05, 4.69) is 19.2 Å². The summed E-state index contributed by atoms with van der Waals surface area (Å²) >= 11 is 0.127. The molecule has 0 spiro atoms. The van der Waals surface area contributed by atoms with E-state index in [-0.39, 0.29) is 17.5 Å². The van der Waals surface area contributed by atoms with Crippen LogP contribution in [-0.2, 0) is 0 Å². The van der Waals surface area contributed by atoms with Crippen LogP contribution in [0, 0.1) is 11.8 Å². The number of alkyl halides is 3. The smallest absolute Gasteiger partial charge is 0.314 e. The van der Waals surface area contributed by atoms with Crippen molar-refractivity contribution in [2.75, 3.05) is 12.3 Å². The van der Waals surface area contributed by atoms with Gasteiger partial charge in [-0.2, -0.15) is 13.2 Å². The first-order valence-electron chi connectivity index (χ1n) is 6.82. The lowest BCUT2D eigenvalue weighted by Gasteiger charge is -2.25. The second-order valence-electron chi connectivity index (χ2n) is 5.45. The average Bonchev–Trinajstić information content (AvgIpc) is 2.74. The lowest BCUT2D eigenvalue weighted by Crippen LogP contribution is -2.32. The molecule has 1 fully saturated rings. The largest absolute Gasteiger partial charge is 0.441 e. The van der Waals surface area contributed by atoms with Gasteiger partial charge in [0.1, 0.15) is 0 Å². The number of hydrogen-bond acceptors (Lipinski definition) is 2. The van der Waals surface area contributed by atoms with Crippen LogP contribution in [0.2, 0.25) is 0 Å². The number of nitrogens with one attached hydrogen (secondary N) is 1. The van der Waals surface area contributed by atoms with Gasteiger partial charge in [0.15, 0.2) is 0 Å². The van der Waals surface area contributed by atoms with Crippen molar-refractivity contribution in [3.63, 3.8) is 0 Å². The van der Waals surface area contributed by atoms with Gasteiger partial charge in [0.25, 0.3) is 0 Å². The minimum Gasteiger partial charge on any atom is -0.314 e. The van der Waals surface area contributed by atoms with E-state index in [4.69, 9.17) is 0 Å². The molecule has 0 saturated heterocycles. The third kappa shape index (κ3) is 6.88. The Morgan fingerprint density at radius 3 is 2.33 bits per heavy atom. The van der Waals surface area contributed by atoms with Crippen molar-refractivity contribution in [3.8, 4) is 0 Å². The molecule has 1 saturated carbocycles. The summed E-state index contributed by atoms with van der Waals surface area (Å²) in [6, 6.07) is 0.407. The van der Waals surface area contributed by atoms with E-state index in [1.54, 1.807) is 0 Å². The maximum atomic E-state index is 12.1. The van der Waals surface area contributed by atoms with Gasteiger partial charge in [0.05, 0.1) is 0 Å². The van der Waals surface area contributed by atoms with Gasteiger partial charge >= 0.3 is 5.51 Å². The maximum Gasteiger partial charge on any atom is 0.441 e. The molecule has 0 amide bonds. The molecular formula is C13H24F3NS. The Morgan fingerprint density at radius 2 is 1.83 bits per heavy atom. The number of rotatable bonds is 7. The van der Waals surface area contributed by atoms with Crippen LogP contribution in [0.15, 0.2) is 0 Å². The zero-order chi connectivity index (χ0) is 13.6. The van der Waals surface area contributed by atoms with Crippen LogP contribution in [0.4, 0.5) is 13.2 Å². The molecule has 0 bridgehead atoms. The van der Waals surface area contributed by atoms with Crippen LogP contribution >= 0.6 is 11.8 Å². The molecule has 0 aliphatic heterocycles. The Hall–Kier alpha value is 0.100. The molecule has 1 nitrogen and oxygen atoms in total. The Balaban J connectivity index is 2.34. The van der Waals surface area contributed by atoms with Gasteiger partial charge in [-0.1, -0.05) is 51.3 Å². The Morgan fingerprint density at radius 1 is 1.22 bits per heavy atom. The first-order valence-corrected chi connectivity index (χ1v) is 7.81. The van der Waals surface area contributed by atoms with E-state index < -0.39 is 5.51 Å². The fourth-order valence-corrected chi connectivity index (χ4v) is 3.30. The third-order valence-electron chi connectivity index (χ3n) is 3.61. The van der Waals surface area contributed by atoms with Crippen molar-refractivity contribution in [1.82, 2.24) is 5.32 Å². The minimum absolute atomic E-state index is 0.127. The summed E-state index contributed by atoms with van der Waals surface area (Å²) < 4.78 is 36.4. The van der Waals surface area contributed by atoms with Crippen molar-refractivity contribution >= 4 is 11.8 Å². The quantitative estimate of drug-likeness (QED) is 0.741. The van der Waals surface area contributed by atoms with Gasteiger partial charge in [-0.25, -0.2) is 0 Å².